The molecular formula is C12H13Br2N3O3. The predicted molar refractivity (Wildman–Crippen MR) is 82.5 cm³/mol. The van der Waals surface area contributed by atoms with Gasteiger partial charge in [-0.2, -0.15) is 5.10 Å². The Morgan fingerprint density at radius 1 is 1.30 bits per heavy atom. The van der Waals surface area contributed by atoms with Gasteiger partial charge >= 0.3 is 11.8 Å². The third-order valence-electron chi connectivity index (χ3n) is 2.16. The molecule has 0 unspecified atom stereocenters. The quantitative estimate of drug-likeness (QED) is 0.405. The SMILES string of the molecule is CCCNC(=O)C(=O)N/N=C/c1cc(Br)c(O)c(Br)c1. The van der Waals surface area contributed by atoms with Crippen molar-refractivity contribution in [1.29, 1.82) is 0 Å². The van der Waals surface area contributed by atoms with E-state index >= 15 is 0 Å². The Bertz CT molecular complexity index is 524. The molecule has 0 heterocycles. The van der Waals surface area contributed by atoms with Crippen molar-refractivity contribution in [2.24, 2.45) is 5.10 Å². The second-order valence-electron chi connectivity index (χ2n) is 3.79. The van der Waals surface area contributed by atoms with Gasteiger partial charge in [-0.15, -0.1) is 0 Å². The number of phenolic OH excluding ortho intramolecular Hbond substituents is 1. The first-order valence-electron chi connectivity index (χ1n) is 5.75. The largest absolute Gasteiger partial charge is 0.506 e. The van der Waals surface area contributed by atoms with Gasteiger partial charge in [-0.1, -0.05) is 6.92 Å². The Morgan fingerprint density at radius 3 is 2.45 bits per heavy atom. The number of phenols is 1. The number of benzene rings is 1. The maximum Gasteiger partial charge on any atom is 0.329 e. The Hall–Kier alpha value is -1.41. The predicted octanol–water partition coefficient (Wildman–Crippen LogP) is 1.89. The first kappa shape index (κ1) is 16.6. The number of rotatable bonds is 4. The van der Waals surface area contributed by atoms with E-state index in [1.807, 2.05) is 6.92 Å². The van der Waals surface area contributed by atoms with Crippen LogP contribution in [-0.2, 0) is 9.59 Å². The van der Waals surface area contributed by atoms with Gasteiger partial charge in [0.1, 0.15) is 5.75 Å². The first-order valence-corrected chi connectivity index (χ1v) is 7.33. The van der Waals surface area contributed by atoms with Gasteiger partial charge in [-0.3, -0.25) is 9.59 Å². The van der Waals surface area contributed by atoms with E-state index in [0.717, 1.165) is 6.42 Å². The number of hydrogen-bond acceptors (Lipinski definition) is 4. The average molecular weight is 407 g/mol. The lowest BCUT2D eigenvalue weighted by Crippen LogP contribution is -2.38. The normalized spacial score (nSPS) is 10.6. The summed E-state index contributed by atoms with van der Waals surface area (Å²) in [4.78, 5) is 22.6. The molecule has 8 heteroatoms. The highest BCUT2D eigenvalue weighted by Crippen LogP contribution is 2.32. The van der Waals surface area contributed by atoms with Crippen LogP contribution >= 0.6 is 31.9 Å². The number of hydrogen-bond donors (Lipinski definition) is 3. The van der Waals surface area contributed by atoms with Gasteiger partial charge in [0.25, 0.3) is 0 Å². The molecule has 108 valence electrons. The fourth-order valence-corrected chi connectivity index (χ4v) is 2.42. The fraction of sp³-hybridized carbons (Fsp3) is 0.250. The molecule has 0 radical (unpaired) electrons. The summed E-state index contributed by atoms with van der Waals surface area (Å²) >= 11 is 6.35. The summed E-state index contributed by atoms with van der Waals surface area (Å²) in [5.74, 6) is -1.48. The van der Waals surface area contributed by atoms with Crippen LogP contribution in [0.15, 0.2) is 26.2 Å². The van der Waals surface area contributed by atoms with Crippen LogP contribution in [-0.4, -0.2) is 29.7 Å². The molecule has 20 heavy (non-hydrogen) atoms. The lowest BCUT2D eigenvalue weighted by atomic mass is 10.2. The molecule has 1 rings (SSSR count). The zero-order chi connectivity index (χ0) is 15.1. The second kappa shape index (κ2) is 8.01. The summed E-state index contributed by atoms with van der Waals surface area (Å²) in [6, 6.07) is 3.24. The Morgan fingerprint density at radius 2 is 1.90 bits per heavy atom. The van der Waals surface area contributed by atoms with E-state index in [9.17, 15) is 14.7 Å². The molecular weight excluding hydrogens is 394 g/mol. The van der Waals surface area contributed by atoms with Crippen LogP contribution in [0.25, 0.3) is 0 Å². The van der Waals surface area contributed by atoms with Crippen LogP contribution in [0.3, 0.4) is 0 Å². The number of halogens is 2. The van der Waals surface area contributed by atoms with Crippen molar-refractivity contribution in [3.8, 4) is 5.75 Å². The number of aromatic hydroxyl groups is 1. The summed E-state index contributed by atoms with van der Waals surface area (Å²) in [6.45, 7) is 2.32. The molecule has 0 aliphatic heterocycles. The number of amides is 2. The molecule has 0 aromatic heterocycles. The van der Waals surface area contributed by atoms with Crippen molar-refractivity contribution in [3.05, 3.63) is 26.6 Å². The zero-order valence-electron chi connectivity index (χ0n) is 10.6. The molecule has 6 nitrogen and oxygen atoms in total. The van der Waals surface area contributed by atoms with Gasteiger partial charge in [0.15, 0.2) is 0 Å². The van der Waals surface area contributed by atoms with Crippen molar-refractivity contribution in [1.82, 2.24) is 10.7 Å². The smallest absolute Gasteiger partial charge is 0.329 e. The molecule has 0 fully saturated rings. The molecule has 0 aliphatic carbocycles. The van der Waals surface area contributed by atoms with Crippen LogP contribution < -0.4 is 10.7 Å². The first-order chi connectivity index (χ1) is 9.45. The van der Waals surface area contributed by atoms with Crippen molar-refractivity contribution in [3.63, 3.8) is 0 Å². The van der Waals surface area contributed by atoms with Crippen molar-refractivity contribution in [2.45, 2.75) is 13.3 Å². The Kier molecular flexibility index (Phi) is 6.66. The molecule has 0 bridgehead atoms. The second-order valence-corrected chi connectivity index (χ2v) is 5.50. The maximum absolute atomic E-state index is 11.3. The molecule has 1 aromatic rings. The minimum atomic E-state index is -0.827. The Labute approximate surface area is 132 Å². The van der Waals surface area contributed by atoms with Crippen molar-refractivity contribution >= 4 is 49.9 Å². The number of carbonyl (C=O) groups excluding carboxylic acids is 2. The van der Waals surface area contributed by atoms with E-state index in [4.69, 9.17) is 0 Å². The number of nitrogens with one attached hydrogen (secondary N) is 2. The van der Waals surface area contributed by atoms with E-state index in [1.165, 1.54) is 6.21 Å². The minimum absolute atomic E-state index is 0.0742. The van der Waals surface area contributed by atoms with Gasteiger partial charge in [0.05, 0.1) is 15.2 Å². The van der Waals surface area contributed by atoms with E-state index in [-0.39, 0.29) is 5.75 Å². The minimum Gasteiger partial charge on any atom is -0.506 e. The van der Waals surface area contributed by atoms with Crippen LogP contribution in [0.1, 0.15) is 18.9 Å². The molecule has 1 aromatic carbocycles. The van der Waals surface area contributed by atoms with Gasteiger partial charge in [0, 0.05) is 6.54 Å². The number of hydrazone groups is 1. The summed E-state index contributed by atoms with van der Waals surface area (Å²) in [5.41, 5.74) is 2.75. The van der Waals surface area contributed by atoms with Crippen LogP contribution in [0.5, 0.6) is 5.75 Å². The molecule has 0 spiro atoms. The highest BCUT2D eigenvalue weighted by atomic mass is 79.9. The van der Waals surface area contributed by atoms with E-state index in [0.29, 0.717) is 21.1 Å². The van der Waals surface area contributed by atoms with Crippen LogP contribution in [0, 0.1) is 0 Å². The lowest BCUT2D eigenvalue weighted by Gasteiger charge is -2.03. The van der Waals surface area contributed by atoms with Crippen LogP contribution in [0.4, 0.5) is 0 Å². The standard InChI is InChI=1S/C12H13Br2N3O3/c1-2-3-15-11(19)12(20)17-16-6-7-4-8(13)10(18)9(14)5-7/h4-6,18H,2-3H2,1H3,(H,15,19)(H,17,20)/b16-6+. The molecule has 0 atom stereocenters. The average Bonchev–Trinajstić information content (AvgIpc) is 2.41. The van der Waals surface area contributed by atoms with Crippen molar-refractivity contribution < 1.29 is 14.7 Å². The highest BCUT2D eigenvalue weighted by Gasteiger charge is 2.11. The fourth-order valence-electron chi connectivity index (χ4n) is 1.19. The van der Waals surface area contributed by atoms with Gasteiger partial charge in [0.2, 0.25) is 0 Å². The topological polar surface area (TPSA) is 90.8 Å². The van der Waals surface area contributed by atoms with Gasteiger partial charge in [-0.25, -0.2) is 5.43 Å². The summed E-state index contributed by atoms with van der Waals surface area (Å²) in [6.07, 6.45) is 2.11. The third-order valence-corrected chi connectivity index (χ3v) is 3.37. The summed E-state index contributed by atoms with van der Waals surface area (Å²) in [5, 5.41) is 15.6. The van der Waals surface area contributed by atoms with E-state index in [1.54, 1.807) is 12.1 Å². The summed E-state index contributed by atoms with van der Waals surface area (Å²) < 4.78 is 0.973. The van der Waals surface area contributed by atoms with E-state index < -0.39 is 11.8 Å². The molecule has 0 saturated carbocycles. The number of nitrogens with zero attached hydrogens (tertiary/aromatic N) is 1. The third kappa shape index (κ3) is 4.93. The van der Waals surface area contributed by atoms with Gasteiger partial charge < -0.3 is 10.4 Å². The molecule has 2 amide bonds. The zero-order valence-corrected chi connectivity index (χ0v) is 13.8. The lowest BCUT2D eigenvalue weighted by molar-refractivity contribution is -0.139. The summed E-state index contributed by atoms with van der Waals surface area (Å²) in [7, 11) is 0. The van der Waals surface area contributed by atoms with E-state index in [2.05, 4.69) is 47.7 Å². The highest BCUT2D eigenvalue weighted by molar-refractivity contribution is 9.11. The van der Waals surface area contributed by atoms with Crippen molar-refractivity contribution in [2.75, 3.05) is 6.54 Å². The molecule has 3 N–H and O–H groups in total. The molecule has 0 aliphatic rings. The maximum atomic E-state index is 11.3. The Balaban J connectivity index is 2.61. The number of carbonyl (C=O) groups is 2. The van der Waals surface area contributed by atoms with Crippen LogP contribution in [0.2, 0.25) is 0 Å². The molecule has 0 saturated heterocycles. The van der Waals surface area contributed by atoms with Gasteiger partial charge in [-0.05, 0) is 56.0 Å². The monoisotopic (exact) mass is 405 g/mol.